The molecule has 0 aliphatic heterocycles. The predicted octanol–water partition coefficient (Wildman–Crippen LogP) is 3.58. The molecule has 0 amide bonds. The first kappa shape index (κ1) is 17.4. The molecule has 0 spiro atoms. The number of hydrogen-bond acceptors (Lipinski definition) is 5. The lowest BCUT2D eigenvalue weighted by Crippen LogP contribution is -2.17. The SMILES string of the molecule is COC(=O)c1cc(Br)ccc1S(=O)(=O)Nc1cccc2ncccc12. The summed E-state index contributed by atoms with van der Waals surface area (Å²) in [4.78, 5) is 16.0. The molecule has 0 saturated carbocycles. The number of hydrogen-bond donors (Lipinski definition) is 1. The highest BCUT2D eigenvalue weighted by Gasteiger charge is 2.24. The second-order valence-corrected chi connectivity index (χ2v) is 7.68. The number of benzene rings is 2. The standard InChI is InChI=1S/C17H13BrN2O4S/c1-24-17(21)13-10-11(18)7-8-16(13)25(22,23)20-15-6-2-5-14-12(15)4-3-9-19-14/h2-10,20H,1H3. The number of nitrogens with zero attached hydrogens (tertiary/aromatic N) is 1. The molecule has 0 fully saturated rings. The summed E-state index contributed by atoms with van der Waals surface area (Å²) < 4.78 is 33.5. The van der Waals surface area contributed by atoms with Crippen molar-refractivity contribution in [1.82, 2.24) is 4.98 Å². The second-order valence-electron chi connectivity index (χ2n) is 5.11. The molecule has 0 aliphatic rings. The topological polar surface area (TPSA) is 85.4 Å². The molecular formula is C17H13BrN2O4S. The molecular weight excluding hydrogens is 408 g/mol. The summed E-state index contributed by atoms with van der Waals surface area (Å²) in [6.07, 6.45) is 1.63. The van der Waals surface area contributed by atoms with Crippen molar-refractivity contribution >= 4 is 48.5 Å². The van der Waals surface area contributed by atoms with Crippen molar-refractivity contribution < 1.29 is 17.9 Å². The average Bonchev–Trinajstić information content (AvgIpc) is 2.61. The molecule has 0 atom stereocenters. The van der Waals surface area contributed by atoms with Crippen molar-refractivity contribution in [2.24, 2.45) is 0 Å². The van der Waals surface area contributed by atoms with Crippen LogP contribution < -0.4 is 4.72 Å². The molecule has 8 heteroatoms. The molecule has 0 unspecified atom stereocenters. The third-order valence-electron chi connectivity index (χ3n) is 3.53. The van der Waals surface area contributed by atoms with Crippen molar-refractivity contribution in [3.63, 3.8) is 0 Å². The van der Waals surface area contributed by atoms with Crippen LogP contribution in [0.5, 0.6) is 0 Å². The zero-order valence-electron chi connectivity index (χ0n) is 13.1. The largest absolute Gasteiger partial charge is 0.465 e. The van der Waals surface area contributed by atoms with Crippen LogP contribution in [0.2, 0.25) is 0 Å². The lowest BCUT2D eigenvalue weighted by Gasteiger charge is -2.13. The molecule has 0 radical (unpaired) electrons. The first-order valence-corrected chi connectivity index (χ1v) is 9.44. The number of nitrogens with one attached hydrogen (secondary N) is 1. The molecule has 0 saturated heterocycles. The van der Waals surface area contributed by atoms with Gasteiger partial charge in [-0.05, 0) is 42.5 Å². The van der Waals surface area contributed by atoms with Gasteiger partial charge in [0.15, 0.2) is 0 Å². The van der Waals surface area contributed by atoms with Gasteiger partial charge in [0, 0.05) is 16.1 Å². The van der Waals surface area contributed by atoms with Gasteiger partial charge in [-0.1, -0.05) is 22.0 Å². The van der Waals surface area contributed by atoms with Crippen LogP contribution >= 0.6 is 15.9 Å². The van der Waals surface area contributed by atoms with Crippen molar-refractivity contribution in [3.8, 4) is 0 Å². The van der Waals surface area contributed by atoms with Gasteiger partial charge in [0.2, 0.25) is 0 Å². The number of fused-ring (bicyclic) bond motifs is 1. The number of carbonyl (C=O) groups excluding carboxylic acids is 1. The number of carbonyl (C=O) groups is 1. The number of anilines is 1. The molecule has 2 aromatic carbocycles. The van der Waals surface area contributed by atoms with Gasteiger partial charge in [0.05, 0.1) is 23.9 Å². The molecule has 1 aromatic heterocycles. The van der Waals surface area contributed by atoms with Gasteiger partial charge in [-0.15, -0.1) is 0 Å². The lowest BCUT2D eigenvalue weighted by molar-refractivity contribution is 0.0596. The van der Waals surface area contributed by atoms with Crippen LogP contribution in [0.15, 0.2) is 64.1 Å². The summed E-state index contributed by atoms with van der Waals surface area (Å²) in [5.74, 6) is -0.735. The molecule has 3 rings (SSSR count). The molecule has 1 N–H and O–H groups in total. The lowest BCUT2D eigenvalue weighted by atomic mass is 10.2. The van der Waals surface area contributed by atoms with Crippen LogP contribution in [0.25, 0.3) is 10.9 Å². The van der Waals surface area contributed by atoms with Crippen molar-refractivity contribution in [2.45, 2.75) is 4.90 Å². The fraction of sp³-hybridized carbons (Fsp3) is 0.0588. The minimum Gasteiger partial charge on any atom is -0.465 e. The first-order valence-electron chi connectivity index (χ1n) is 7.17. The number of esters is 1. The van der Waals surface area contributed by atoms with Crippen LogP contribution in [0.1, 0.15) is 10.4 Å². The third-order valence-corrected chi connectivity index (χ3v) is 5.44. The van der Waals surface area contributed by atoms with Gasteiger partial charge in [-0.25, -0.2) is 13.2 Å². The Bertz CT molecular complexity index is 1060. The van der Waals surface area contributed by atoms with Crippen LogP contribution in [0.3, 0.4) is 0 Å². The van der Waals surface area contributed by atoms with E-state index in [0.29, 0.717) is 21.1 Å². The zero-order valence-corrected chi connectivity index (χ0v) is 15.5. The number of rotatable bonds is 4. The zero-order chi connectivity index (χ0) is 18.0. The van der Waals surface area contributed by atoms with Crippen molar-refractivity contribution in [1.29, 1.82) is 0 Å². The van der Waals surface area contributed by atoms with E-state index in [0.717, 1.165) is 0 Å². The van der Waals surface area contributed by atoms with Crippen LogP contribution in [-0.4, -0.2) is 26.5 Å². The van der Waals surface area contributed by atoms with E-state index in [1.807, 2.05) is 0 Å². The summed E-state index contributed by atoms with van der Waals surface area (Å²) in [7, 11) is -2.81. The Morgan fingerprint density at radius 3 is 2.72 bits per heavy atom. The van der Waals surface area contributed by atoms with Gasteiger partial charge in [-0.3, -0.25) is 9.71 Å². The molecule has 25 heavy (non-hydrogen) atoms. The number of aromatic nitrogens is 1. The van der Waals surface area contributed by atoms with E-state index in [2.05, 4.69) is 30.4 Å². The summed E-state index contributed by atoms with van der Waals surface area (Å²) in [6, 6.07) is 12.9. The maximum atomic E-state index is 12.8. The quantitative estimate of drug-likeness (QED) is 0.651. The van der Waals surface area contributed by atoms with Crippen LogP contribution in [0, 0.1) is 0 Å². The predicted molar refractivity (Wildman–Crippen MR) is 98.0 cm³/mol. The van der Waals surface area contributed by atoms with E-state index in [1.54, 1.807) is 42.6 Å². The number of pyridine rings is 1. The Kier molecular flexibility index (Phi) is 4.73. The highest BCUT2D eigenvalue weighted by atomic mass is 79.9. The Hall–Kier alpha value is -2.45. The van der Waals surface area contributed by atoms with Gasteiger partial charge in [0.25, 0.3) is 10.0 Å². The van der Waals surface area contributed by atoms with Gasteiger partial charge in [0.1, 0.15) is 4.90 Å². The van der Waals surface area contributed by atoms with E-state index in [1.165, 1.54) is 19.2 Å². The summed E-state index contributed by atoms with van der Waals surface area (Å²) in [6.45, 7) is 0. The minimum absolute atomic E-state index is 0.0530. The van der Waals surface area contributed by atoms with Gasteiger partial charge >= 0.3 is 5.97 Å². The molecule has 128 valence electrons. The normalized spacial score (nSPS) is 11.3. The molecule has 1 heterocycles. The van der Waals surface area contributed by atoms with E-state index >= 15 is 0 Å². The Morgan fingerprint density at radius 1 is 1.16 bits per heavy atom. The smallest absolute Gasteiger partial charge is 0.339 e. The molecule has 0 aliphatic carbocycles. The maximum absolute atomic E-state index is 12.8. The summed E-state index contributed by atoms with van der Waals surface area (Å²) in [5, 5.41) is 0.658. The molecule has 0 bridgehead atoms. The summed E-state index contributed by atoms with van der Waals surface area (Å²) >= 11 is 3.23. The Balaban J connectivity index is 2.10. The van der Waals surface area contributed by atoms with Gasteiger partial charge in [-0.2, -0.15) is 0 Å². The van der Waals surface area contributed by atoms with Crippen molar-refractivity contribution in [3.05, 3.63) is 64.8 Å². The number of ether oxygens (including phenoxy) is 1. The third kappa shape index (κ3) is 3.49. The maximum Gasteiger partial charge on any atom is 0.339 e. The fourth-order valence-corrected chi connectivity index (χ4v) is 4.02. The Morgan fingerprint density at radius 2 is 1.96 bits per heavy atom. The summed E-state index contributed by atoms with van der Waals surface area (Å²) in [5.41, 5.74) is 0.985. The van der Waals surface area contributed by atoms with Gasteiger partial charge < -0.3 is 4.74 Å². The highest BCUT2D eigenvalue weighted by molar-refractivity contribution is 9.10. The van der Waals surface area contributed by atoms with E-state index in [4.69, 9.17) is 0 Å². The monoisotopic (exact) mass is 420 g/mol. The Labute approximate surface area is 153 Å². The highest BCUT2D eigenvalue weighted by Crippen LogP contribution is 2.27. The average molecular weight is 421 g/mol. The van der Waals surface area contributed by atoms with E-state index in [9.17, 15) is 13.2 Å². The van der Waals surface area contributed by atoms with E-state index in [-0.39, 0.29) is 10.5 Å². The van der Waals surface area contributed by atoms with Crippen LogP contribution in [0.4, 0.5) is 5.69 Å². The second kappa shape index (κ2) is 6.81. The minimum atomic E-state index is -4.01. The van der Waals surface area contributed by atoms with E-state index < -0.39 is 16.0 Å². The fourth-order valence-electron chi connectivity index (χ4n) is 2.40. The number of halogens is 1. The number of sulfonamides is 1. The number of methoxy groups -OCH3 is 1. The van der Waals surface area contributed by atoms with Crippen LogP contribution in [-0.2, 0) is 14.8 Å². The molecule has 6 nitrogen and oxygen atoms in total. The van der Waals surface area contributed by atoms with Crippen molar-refractivity contribution in [2.75, 3.05) is 11.8 Å². The molecule has 3 aromatic rings. The first-order chi connectivity index (χ1) is 11.9.